The number of amides is 2. The zero-order valence-electron chi connectivity index (χ0n) is 18.6. The molecule has 1 aromatic heterocycles. The van der Waals surface area contributed by atoms with Gasteiger partial charge in [-0.15, -0.1) is 10.2 Å². The molecular formula is C24H31N5O3. The Morgan fingerprint density at radius 2 is 1.81 bits per heavy atom. The van der Waals surface area contributed by atoms with Crippen molar-refractivity contribution in [3.8, 4) is 11.3 Å². The summed E-state index contributed by atoms with van der Waals surface area (Å²) in [4.78, 5) is 28.6. The number of carbonyl (C=O) groups excluding carboxylic acids is 2. The first-order valence-electron chi connectivity index (χ1n) is 11.5. The zero-order chi connectivity index (χ0) is 22.3. The lowest BCUT2D eigenvalue weighted by Gasteiger charge is -2.35. The smallest absolute Gasteiger partial charge is 0.409 e. The van der Waals surface area contributed by atoms with Crippen molar-refractivity contribution in [3.63, 3.8) is 0 Å². The average molecular weight is 438 g/mol. The van der Waals surface area contributed by atoms with Crippen molar-refractivity contribution >= 4 is 17.8 Å². The van der Waals surface area contributed by atoms with Gasteiger partial charge >= 0.3 is 6.09 Å². The summed E-state index contributed by atoms with van der Waals surface area (Å²) in [6.07, 6.45) is 3.07. The van der Waals surface area contributed by atoms with E-state index in [2.05, 4.69) is 20.4 Å². The first-order valence-corrected chi connectivity index (χ1v) is 11.5. The molecule has 0 aliphatic carbocycles. The van der Waals surface area contributed by atoms with Gasteiger partial charge in [0, 0.05) is 37.8 Å². The van der Waals surface area contributed by atoms with Gasteiger partial charge < -0.3 is 19.9 Å². The van der Waals surface area contributed by atoms with Crippen LogP contribution in [0.3, 0.4) is 0 Å². The van der Waals surface area contributed by atoms with E-state index in [0.717, 1.165) is 49.3 Å². The molecule has 1 N–H and O–H groups in total. The summed E-state index contributed by atoms with van der Waals surface area (Å²) in [5.74, 6) is 0.838. The van der Waals surface area contributed by atoms with Gasteiger partial charge in [-0.2, -0.15) is 0 Å². The van der Waals surface area contributed by atoms with Gasteiger partial charge in [-0.3, -0.25) is 4.79 Å². The van der Waals surface area contributed by atoms with E-state index in [1.54, 1.807) is 4.90 Å². The third-order valence-electron chi connectivity index (χ3n) is 6.20. The molecule has 0 saturated carbocycles. The lowest BCUT2D eigenvalue weighted by atomic mass is 9.95. The van der Waals surface area contributed by atoms with E-state index in [0.29, 0.717) is 26.2 Å². The molecular weight excluding hydrogens is 406 g/mol. The molecule has 8 heteroatoms. The SMILES string of the molecule is CCOC(=O)N1CCC(NC(=O)[C@@H]2CCCN(c3ccc(-c4ccccc4)nn3)C2)CC1. The highest BCUT2D eigenvalue weighted by molar-refractivity contribution is 5.80. The summed E-state index contributed by atoms with van der Waals surface area (Å²) in [6, 6.07) is 14.1. The molecule has 2 aliphatic heterocycles. The van der Waals surface area contributed by atoms with Crippen LogP contribution in [-0.2, 0) is 9.53 Å². The van der Waals surface area contributed by atoms with Crippen molar-refractivity contribution in [2.75, 3.05) is 37.7 Å². The Kier molecular flexibility index (Phi) is 7.19. The fraction of sp³-hybridized carbons (Fsp3) is 0.500. The zero-order valence-corrected chi connectivity index (χ0v) is 18.6. The summed E-state index contributed by atoms with van der Waals surface area (Å²) >= 11 is 0. The van der Waals surface area contributed by atoms with Crippen LogP contribution in [0, 0.1) is 5.92 Å². The van der Waals surface area contributed by atoms with E-state index >= 15 is 0 Å². The molecule has 0 spiro atoms. The Balaban J connectivity index is 1.29. The molecule has 0 bridgehead atoms. The summed E-state index contributed by atoms with van der Waals surface area (Å²) < 4.78 is 5.06. The van der Waals surface area contributed by atoms with Crippen molar-refractivity contribution < 1.29 is 14.3 Å². The molecule has 1 aromatic carbocycles. The van der Waals surface area contributed by atoms with E-state index in [9.17, 15) is 9.59 Å². The highest BCUT2D eigenvalue weighted by Crippen LogP contribution is 2.24. The van der Waals surface area contributed by atoms with Gasteiger partial charge in [0.2, 0.25) is 5.91 Å². The number of nitrogens with one attached hydrogen (secondary N) is 1. The Morgan fingerprint density at radius 3 is 2.50 bits per heavy atom. The molecule has 1 atom stereocenters. The van der Waals surface area contributed by atoms with Crippen molar-refractivity contribution in [1.82, 2.24) is 20.4 Å². The first-order chi connectivity index (χ1) is 15.6. The number of piperidine rings is 2. The standard InChI is InChI=1S/C24H31N5O3/c1-2-32-24(31)28-15-12-20(13-16-28)25-23(30)19-9-6-14-29(17-19)22-11-10-21(26-27-22)18-7-4-3-5-8-18/h3-5,7-8,10-11,19-20H,2,6,9,12-17H2,1H3,(H,25,30)/t19-/m1/s1. The number of likely N-dealkylation sites (tertiary alicyclic amines) is 1. The monoisotopic (exact) mass is 437 g/mol. The van der Waals surface area contributed by atoms with Crippen LogP contribution in [0.25, 0.3) is 11.3 Å². The summed E-state index contributed by atoms with van der Waals surface area (Å²) in [5, 5.41) is 12.0. The Hall–Kier alpha value is -3.16. The van der Waals surface area contributed by atoms with Crippen molar-refractivity contribution in [2.45, 2.75) is 38.6 Å². The second kappa shape index (κ2) is 10.4. The van der Waals surface area contributed by atoms with Gasteiger partial charge in [-0.05, 0) is 44.7 Å². The van der Waals surface area contributed by atoms with E-state index < -0.39 is 0 Å². The molecule has 2 aromatic rings. The predicted molar refractivity (Wildman–Crippen MR) is 122 cm³/mol. The molecule has 170 valence electrons. The third kappa shape index (κ3) is 5.36. The van der Waals surface area contributed by atoms with E-state index in [1.807, 2.05) is 49.4 Å². The molecule has 32 heavy (non-hydrogen) atoms. The van der Waals surface area contributed by atoms with E-state index in [-0.39, 0.29) is 24.0 Å². The summed E-state index contributed by atoms with van der Waals surface area (Å²) in [5.41, 5.74) is 1.88. The minimum atomic E-state index is -0.264. The number of hydrogen-bond acceptors (Lipinski definition) is 6. The fourth-order valence-electron chi connectivity index (χ4n) is 4.40. The second-order valence-electron chi connectivity index (χ2n) is 8.40. The number of nitrogens with zero attached hydrogens (tertiary/aromatic N) is 4. The Morgan fingerprint density at radius 1 is 1.03 bits per heavy atom. The van der Waals surface area contributed by atoms with Crippen molar-refractivity contribution in [3.05, 3.63) is 42.5 Å². The number of rotatable bonds is 5. The molecule has 4 rings (SSSR count). The largest absolute Gasteiger partial charge is 0.450 e. The molecule has 3 heterocycles. The average Bonchev–Trinajstić information content (AvgIpc) is 2.85. The molecule has 2 saturated heterocycles. The second-order valence-corrected chi connectivity index (χ2v) is 8.40. The van der Waals surface area contributed by atoms with Gasteiger partial charge in [-0.25, -0.2) is 4.79 Å². The van der Waals surface area contributed by atoms with Gasteiger partial charge in [-0.1, -0.05) is 30.3 Å². The fourth-order valence-corrected chi connectivity index (χ4v) is 4.40. The van der Waals surface area contributed by atoms with Gasteiger partial charge in [0.25, 0.3) is 0 Å². The molecule has 2 amide bonds. The number of hydrogen-bond donors (Lipinski definition) is 1. The number of ether oxygens (including phenoxy) is 1. The quantitative estimate of drug-likeness (QED) is 0.773. The van der Waals surface area contributed by atoms with E-state index in [1.165, 1.54) is 0 Å². The topological polar surface area (TPSA) is 87.7 Å². The molecule has 8 nitrogen and oxygen atoms in total. The maximum absolute atomic E-state index is 12.9. The van der Waals surface area contributed by atoms with Crippen LogP contribution in [0.15, 0.2) is 42.5 Å². The van der Waals surface area contributed by atoms with Crippen LogP contribution in [-0.4, -0.2) is 65.9 Å². The van der Waals surface area contributed by atoms with Crippen LogP contribution in [0.2, 0.25) is 0 Å². The van der Waals surface area contributed by atoms with Gasteiger partial charge in [0.05, 0.1) is 18.2 Å². The van der Waals surface area contributed by atoms with Crippen molar-refractivity contribution in [2.24, 2.45) is 5.92 Å². The lowest BCUT2D eigenvalue weighted by molar-refractivity contribution is -0.126. The van der Waals surface area contributed by atoms with Gasteiger partial charge in [0.1, 0.15) is 0 Å². The van der Waals surface area contributed by atoms with Gasteiger partial charge in [0.15, 0.2) is 5.82 Å². The van der Waals surface area contributed by atoms with E-state index in [4.69, 9.17) is 4.74 Å². The van der Waals surface area contributed by atoms with Crippen LogP contribution >= 0.6 is 0 Å². The Labute approximate surface area is 188 Å². The maximum Gasteiger partial charge on any atom is 0.409 e. The number of benzene rings is 1. The van der Waals surface area contributed by atoms with Crippen LogP contribution in [0.4, 0.5) is 10.6 Å². The minimum absolute atomic E-state index is 0.0672. The molecule has 0 unspecified atom stereocenters. The number of aromatic nitrogens is 2. The lowest BCUT2D eigenvalue weighted by Crippen LogP contribution is -2.50. The molecule has 2 fully saturated rings. The minimum Gasteiger partial charge on any atom is -0.450 e. The third-order valence-corrected chi connectivity index (χ3v) is 6.20. The van der Waals surface area contributed by atoms with Crippen LogP contribution in [0.1, 0.15) is 32.6 Å². The predicted octanol–water partition coefficient (Wildman–Crippen LogP) is 3.10. The van der Waals surface area contributed by atoms with Crippen LogP contribution in [0.5, 0.6) is 0 Å². The number of anilines is 1. The maximum atomic E-state index is 12.9. The summed E-state index contributed by atoms with van der Waals surface area (Å²) in [6.45, 7) is 4.94. The van der Waals surface area contributed by atoms with Crippen LogP contribution < -0.4 is 10.2 Å². The normalized spacial score (nSPS) is 19.5. The summed E-state index contributed by atoms with van der Waals surface area (Å²) in [7, 11) is 0. The first kappa shape index (κ1) is 22.0. The number of carbonyl (C=O) groups is 2. The van der Waals surface area contributed by atoms with Crippen molar-refractivity contribution in [1.29, 1.82) is 0 Å². The Bertz CT molecular complexity index is 898. The highest BCUT2D eigenvalue weighted by Gasteiger charge is 2.30. The molecule has 2 aliphatic rings. The molecule has 0 radical (unpaired) electrons. The highest BCUT2D eigenvalue weighted by atomic mass is 16.6.